The molecule has 0 spiro atoms. The van der Waals surface area contributed by atoms with E-state index in [0.717, 1.165) is 24.8 Å². The van der Waals surface area contributed by atoms with Crippen molar-refractivity contribution >= 4 is 0 Å². The van der Waals surface area contributed by atoms with Gasteiger partial charge in [0.2, 0.25) is 0 Å². The minimum absolute atomic E-state index is 0.0351. The van der Waals surface area contributed by atoms with Crippen molar-refractivity contribution in [2.24, 2.45) is 5.73 Å². The lowest BCUT2D eigenvalue weighted by atomic mass is 9.64. The molecule has 1 aliphatic rings. The molecule has 0 aliphatic heterocycles. The average Bonchev–Trinajstić information content (AvgIpc) is 2.30. The van der Waals surface area contributed by atoms with Gasteiger partial charge in [-0.2, -0.15) is 5.26 Å². The normalized spacial score (nSPS) is 17.0. The highest BCUT2D eigenvalue weighted by atomic mass is 16.5. The van der Waals surface area contributed by atoms with E-state index in [-0.39, 0.29) is 16.7 Å². The average molecular weight is 232 g/mol. The Morgan fingerprint density at radius 2 is 2.24 bits per heavy atom. The first kappa shape index (κ1) is 11.7. The van der Waals surface area contributed by atoms with Gasteiger partial charge in [0.25, 0.3) is 0 Å². The highest BCUT2D eigenvalue weighted by Gasteiger charge is 2.38. The third-order valence-corrected chi connectivity index (χ3v) is 3.73. The maximum absolute atomic E-state index is 9.76. The van der Waals surface area contributed by atoms with Gasteiger partial charge >= 0.3 is 0 Å². The van der Waals surface area contributed by atoms with E-state index in [1.54, 1.807) is 12.1 Å². The van der Waals surface area contributed by atoms with Gasteiger partial charge in [-0.05, 0) is 30.5 Å². The summed E-state index contributed by atoms with van der Waals surface area (Å²) in [7, 11) is 1.48. The molecule has 1 fully saturated rings. The van der Waals surface area contributed by atoms with Crippen molar-refractivity contribution < 1.29 is 9.84 Å². The molecular weight excluding hydrogens is 216 g/mol. The minimum atomic E-state index is -0.0924. The second-order valence-electron chi connectivity index (χ2n) is 4.52. The van der Waals surface area contributed by atoms with Crippen molar-refractivity contribution in [1.82, 2.24) is 0 Å². The first-order valence-electron chi connectivity index (χ1n) is 5.68. The van der Waals surface area contributed by atoms with Crippen LogP contribution in [0.25, 0.3) is 0 Å². The van der Waals surface area contributed by atoms with E-state index in [9.17, 15) is 5.11 Å². The predicted octanol–water partition coefficient (Wildman–Crippen LogP) is 1.65. The Kier molecular flexibility index (Phi) is 2.95. The van der Waals surface area contributed by atoms with Crippen LogP contribution < -0.4 is 10.5 Å². The number of nitrogens with two attached hydrogens (primary N) is 1. The van der Waals surface area contributed by atoms with Crippen molar-refractivity contribution in [3.63, 3.8) is 0 Å². The molecule has 0 heterocycles. The Morgan fingerprint density at radius 3 is 2.65 bits per heavy atom. The van der Waals surface area contributed by atoms with Crippen molar-refractivity contribution in [1.29, 1.82) is 5.26 Å². The number of hydrogen-bond donors (Lipinski definition) is 2. The lowest BCUT2D eigenvalue weighted by Crippen LogP contribution is -2.41. The molecule has 0 radical (unpaired) electrons. The summed E-state index contributed by atoms with van der Waals surface area (Å²) in [5.41, 5.74) is 7.05. The molecule has 1 aliphatic carbocycles. The smallest absolute Gasteiger partial charge is 0.175 e. The number of ether oxygens (including phenoxy) is 1. The van der Waals surface area contributed by atoms with Crippen LogP contribution in [0.4, 0.5) is 0 Å². The topological polar surface area (TPSA) is 79.3 Å². The van der Waals surface area contributed by atoms with Crippen LogP contribution in [0.15, 0.2) is 12.1 Å². The lowest BCUT2D eigenvalue weighted by molar-refractivity contribution is 0.251. The zero-order valence-corrected chi connectivity index (χ0v) is 9.86. The second kappa shape index (κ2) is 4.27. The number of benzene rings is 1. The molecule has 90 valence electrons. The monoisotopic (exact) mass is 232 g/mol. The summed E-state index contributed by atoms with van der Waals surface area (Å²) >= 11 is 0. The van der Waals surface area contributed by atoms with Gasteiger partial charge < -0.3 is 15.6 Å². The SMILES string of the molecule is COc1cc(C2(CN)CCC2)cc(C#N)c1O. The fraction of sp³-hybridized carbons (Fsp3) is 0.462. The summed E-state index contributed by atoms with van der Waals surface area (Å²) in [6.07, 6.45) is 3.22. The Morgan fingerprint density at radius 1 is 1.53 bits per heavy atom. The lowest BCUT2D eigenvalue weighted by Gasteiger charge is -2.41. The molecule has 4 heteroatoms. The van der Waals surface area contributed by atoms with E-state index in [0.29, 0.717) is 12.3 Å². The van der Waals surface area contributed by atoms with Crippen LogP contribution in [0.2, 0.25) is 0 Å². The molecular formula is C13H16N2O2. The van der Waals surface area contributed by atoms with E-state index in [2.05, 4.69) is 0 Å². The zero-order chi connectivity index (χ0) is 12.5. The van der Waals surface area contributed by atoms with Gasteiger partial charge in [0.05, 0.1) is 12.7 Å². The van der Waals surface area contributed by atoms with Crippen LogP contribution in [0, 0.1) is 11.3 Å². The molecule has 2 rings (SSSR count). The van der Waals surface area contributed by atoms with Gasteiger partial charge in [-0.15, -0.1) is 0 Å². The number of methoxy groups -OCH3 is 1. The molecule has 0 atom stereocenters. The molecule has 1 saturated carbocycles. The standard InChI is InChI=1S/C13H16N2O2/c1-17-11-6-10(5-9(7-14)12(11)16)13(8-15)3-2-4-13/h5-6,16H,2-4,8,15H2,1H3. The fourth-order valence-corrected chi connectivity index (χ4v) is 2.37. The van der Waals surface area contributed by atoms with E-state index in [4.69, 9.17) is 15.7 Å². The first-order chi connectivity index (χ1) is 8.16. The molecule has 3 N–H and O–H groups in total. The van der Waals surface area contributed by atoms with Gasteiger partial charge in [0.15, 0.2) is 11.5 Å². The Balaban J connectivity index is 2.52. The van der Waals surface area contributed by atoms with E-state index >= 15 is 0 Å². The summed E-state index contributed by atoms with van der Waals surface area (Å²) in [5.74, 6) is 0.254. The van der Waals surface area contributed by atoms with Crippen LogP contribution in [0.1, 0.15) is 30.4 Å². The molecule has 0 saturated heterocycles. The van der Waals surface area contributed by atoms with E-state index < -0.39 is 0 Å². The molecule has 1 aromatic rings. The summed E-state index contributed by atoms with van der Waals surface area (Å²) in [6, 6.07) is 5.50. The van der Waals surface area contributed by atoms with Gasteiger partial charge in [0, 0.05) is 12.0 Å². The van der Waals surface area contributed by atoms with Crippen LogP contribution >= 0.6 is 0 Å². The number of hydrogen-bond acceptors (Lipinski definition) is 4. The van der Waals surface area contributed by atoms with E-state index in [1.165, 1.54) is 7.11 Å². The Hall–Kier alpha value is -1.73. The molecule has 0 unspecified atom stereocenters. The summed E-state index contributed by atoms with van der Waals surface area (Å²) in [4.78, 5) is 0. The van der Waals surface area contributed by atoms with Crippen LogP contribution in [-0.4, -0.2) is 18.8 Å². The first-order valence-corrected chi connectivity index (χ1v) is 5.68. The Labute approximate surface area is 101 Å². The third-order valence-electron chi connectivity index (χ3n) is 3.73. The van der Waals surface area contributed by atoms with Crippen LogP contribution in [0.3, 0.4) is 0 Å². The second-order valence-corrected chi connectivity index (χ2v) is 4.52. The third kappa shape index (κ3) is 1.73. The molecule has 4 nitrogen and oxygen atoms in total. The van der Waals surface area contributed by atoms with Gasteiger partial charge in [0.1, 0.15) is 6.07 Å². The maximum atomic E-state index is 9.76. The highest BCUT2D eigenvalue weighted by Crippen LogP contribution is 2.45. The van der Waals surface area contributed by atoms with Crippen LogP contribution in [0.5, 0.6) is 11.5 Å². The molecule has 0 aromatic heterocycles. The molecule has 17 heavy (non-hydrogen) atoms. The van der Waals surface area contributed by atoms with Crippen molar-refractivity contribution in [2.75, 3.05) is 13.7 Å². The summed E-state index contributed by atoms with van der Waals surface area (Å²) in [5, 5.41) is 18.8. The van der Waals surface area contributed by atoms with Crippen molar-refractivity contribution in [3.05, 3.63) is 23.3 Å². The highest BCUT2D eigenvalue weighted by molar-refractivity contribution is 5.55. The van der Waals surface area contributed by atoms with Gasteiger partial charge in [-0.1, -0.05) is 6.42 Å². The summed E-state index contributed by atoms with van der Waals surface area (Å²) in [6.45, 7) is 0.561. The number of phenols is 1. The number of nitrogens with zero attached hydrogens (tertiary/aromatic N) is 1. The molecule has 0 amide bonds. The minimum Gasteiger partial charge on any atom is -0.503 e. The van der Waals surface area contributed by atoms with Gasteiger partial charge in [-0.3, -0.25) is 0 Å². The molecule has 0 bridgehead atoms. The maximum Gasteiger partial charge on any atom is 0.175 e. The predicted molar refractivity (Wildman–Crippen MR) is 64.0 cm³/mol. The fourth-order valence-electron chi connectivity index (χ4n) is 2.37. The number of rotatable bonds is 3. The largest absolute Gasteiger partial charge is 0.503 e. The quantitative estimate of drug-likeness (QED) is 0.830. The van der Waals surface area contributed by atoms with E-state index in [1.807, 2.05) is 6.07 Å². The van der Waals surface area contributed by atoms with Crippen LogP contribution in [-0.2, 0) is 5.41 Å². The zero-order valence-electron chi connectivity index (χ0n) is 9.86. The van der Waals surface area contributed by atoms with Crippen molar-refractivity contribution in [3.8, 4) is 17.6 Å². The summed E-state index contributed by atoms with van der Waals surface area (Å²) < 4.78 is 5.09. The number of phenolic OH excluding ortho intramolecular Hbond substituents is 1. The number of nitriles is 1. The van der Waals surface area contributed by atoms with Gasteiger partial charge in [-0.25, -0.2) is 0 Å². The Bertz CT molecular complexity index is 468. The molecule has 1 aromatic carbocycles. The number of aromatic hydroxyl groups is 1. The van der Waals surface area contributed by atoms with Crippen molar-refractivity contribution in [2.45, 2.75) is 24.7 Å².